The van der Waals surface area contributed by atoms with Crippen LogP contribution in [0.2, 0.25) is 0 Å². The lowest BCUT2D eigenvalue weighted by atomic mass is 10.0. The third kappa shape index (κ3) is 4.48. The van der Waals surface area contributed by atoms with Crippen molar-refractivity contribution in [2.45, 2.75) is 19.3 Å². The zero-order valence-electron chi connectivity index (χ0n) is 9.79. The highest BCUT2D eigenvalue weighted by Crippen LogP contribution is 2.09. The van der Waals surface area contributed by atoms with E-state index < -0.39 is 0 Å². The van der Waals surface area contributed by atoms with Gasteiger partial charge >= 0.3 is 0 Å². The van der Waals surface area contributed by atoms with Gasteiger partial charge in [-0.1, -0.05) is 30.0 Å². The quantitative estimate of drug-likeness (QED) is 0.579. The Morgan fingerprint density at radius 2 is 2.12 bits per heavy atom. The van der Waals surface area contributed by atoms with Crippen LogP contribution in [0.25, 0.3) is 0 Å². The van der Waals surface area contributed by atoms with Gasteiger partial charge in [0.1, 0.15) is 0 Å². The molecule has 0 aliphatic heterocycles. The van der Waals surface area contributed by atoms with Gasteiger partial charge in [-0.05, 0) is 31.5 Å². The highest BCUT2D eigenvalue weighted by atomic mass is 16.2. The molecule has 0 unspecified atom stereocenters. The van der Waals surface area contributed by atoms with E-state index in [-0.39, 0.29) is 6.61 Å². The van der Waals surface area contributed by atoms with Gasteiger partial charge < -0.3 is 10.4 Å². The lowest BCUT2D eigenvalue weighted by Gasteiger charge is -2.02. The molecule has 0 radical (unpaired) electrons. The summed E-state index contributed by atoms with van der Waals surface area (Å²) in [6, 6.07) is 8.15. The monoisotopic (exact) mass is 217 g/mol. The SMILES string of the molecule is CNCCC#Cc1ccccc1CCCO. The number of hydrogen-bond acceptors (Lipinski definition) is 2. The molecule has 2 nitrogen and oxygen atoms in total. The molecule has 0 amide bonds. The first-order chi connectivity index (χ1) is 7.88. The van der Waals surface area contributed by atoms with Gasteiger partial charge in [0.05, 0.1) is 0 Å². The molecular weight excluding hydrogens is 198 g/mol. The molecule has 1 aromatic rings. The van der Waals surface area contributed by atoms with Crippen molar-refractivity contribution < 1.29 is 5.11 Å². The van der Waals surface area contributed by atoms with Gasteiger partial charge in [0.15, 0.2) is 0 Å². The van der Waals surface area contributed by atoms with Gasteiger partial charge in [-0.15, -0.1) is 0 Å². The summed E-state index contributed by atoms with van der Waals surface area (Å²) < 4.78 is 0. The Morgan fingerprint density at radius 1 is 1.31 bits per heavy atom. The molecule has 0 heterocycles. The summed E-state index contributed by atoms with van der Waals surface area (Å²) in [5.74, 6) is 6.33. The first-order valence-corrected chi connectivity index (χ1v) is 5.70. The molecule has 0 spiro atoms. The molecule has 0 aromatic heterocycles. The van der Waals surface area contributed by atoms with Crippen LogP contribution in [0.15, 0.2) is 24.3 Å². The zero-order valence-corrected chi connectivity index (χ0v) is 9.79. The van der Waals surface area contributed by atoms with Crippen LogP contribution in [0.5, 0.6) is 0 Å². The second-order valence-electron chi connectivity index (χ2n) is 3.64. The highest BCUT2D eigenvalue weighted by Gasteiger charge is 1.97. The largest absolute Gasteiger partial charge is 0.396 e. The zero-order chi connectivity index (χ0) is 11.6. The van der Waals surface area contributed by atoms with Crippen molar-refractivity contribution in [3.8, 4) is 11.8 Å². The molecule has 2 heteroatoms. The van der Waals surface area contributed by atoms with Gasteiger partial charge in [0, 0.05) is 25.1 Å². The first kappa shape index (κ1) is 12.8. The smallest absolute Gasteiger partial charge is 0.0434 e. The maximum Gasteiger partial charge on any atom is 0.0434 e. The number of hydrogen-bond donors (Lipinski definition) is 2. The number of aliphatic hydroxyl groups excluding tert-OH is 1. The number of benzene rings is 1. The van der Waals surface area contributed by atoms with Crippen LogP contribution < -0.4 is 5.32 Å². The Hall–Kier alpha value is -1.30. The van der Waals surface area contributed by atoms with E-state index in [4.69, 9.17) is 5.11 Å². The van der Waals surface area contributed by atoms with E-state index in [9.17, 15) is 0 Å². The predicted octanol–water partition coefficient (Wildman–Crippen LogP) is 1.57. The van der Waals surface area contributed by atoms with Crippen LogP contribution in [0.3, 0.4) is 0 Å². The summed E-state index contributed by atoms with van der Waals surface area (Å²) in [6.07, 6.45) is 2.56. The van der Waals surface area contributed by atoms with Crippen molar-refractivity contribution in [3.05, 3.63) is 35.4 Å². The maximum atomic E-state index is 8.82. The summed E-state index contributed by atoms with van der Waals surface area (Å²) in [6.45, 7) is 1.16. The van der Waals surface area contributed by atoms with E-state index in [0.29, 0.717) is 0 Å². The van der Waals surface area contributed by atoms with Crippen LogP contribution in [0.4, 0.5) is 0 Å². The van der Waals surface area contributed by atoms with Gasteiger partial charge in [-0.25, -0.2) is 0 Å². The van der Waals surface area contributed by atoms with Crippen LogP contribution in [0, 0.1) is 11.8 Å². The highest BCUT2D eigenvalue weighted by molar-refractivity contribution is 5.41. The molecule has 0 aliphatic rings. The van der Waals surface area contributed by atoms with E-state index in [0.717, 1.165) is 31.4 Å². The van der Waals surface area contributed by atoms with Crippen molar-refractivity contribution >= 4 is 0 Å². The fourth-order valence-electron chi connectivity index (χ4n) is 1.47. The number of aryl methyl sites for hydroxylation is 1. The summed E-state index contributed by atoms with van der Waals surface area (Å²) in [5, 5.41) is 11.9. The Kier molecular flexibility index (Phi) is 6.32. The molecule has 1 rings (SSSR count). The molecular formula is C14H19NO. The molecule has 0 aliphatic carbocycles. The Morgan fingerprint density at radius 3 is 2.88 bits per heavy atom. The first-order valence-electron chi connectivity index (χ1n) is 5.70. The van der Waals surface area contributed by atoms with Crippen LogP contribution in [-0.2, 0) is 6.42 Å². The number of rotatable bonds is 5. The third-order valence-corrected chi connectivity index (χ3v) is 2.34. The van der Waals surface area contributed by atoms with Crippen molar-refractivity contribution in [1.29, 1.82) is 0 Å². The molecule has 2 N–H and O–H groups in total. The lowest BCUT2D eigenvalue weighted by Crippen LogP contribution is -2.05. The average Bonchev–Trinajstić information content (AvgIpc) is 2.33. The maximum absolute atomic E-state index is 8.82. The second-order valence-corrected chi connectivity index (χ2v) is 3.64. The normalized spacial score (nSPS) is 9.62. The Bertz CT molecular complexity index is 362. The summed E-state index contributed by atoms with van der Waals surface area (Å²) >= 11 is 0. The minimum Gasteiger partial charge on any atom is -0.396 e. The summed E-state index contributed by atoms with van der Waals surface area (Å²) in [5.41, 5.74) is 2.32. The molecule has 0 saturated heterocycles. The van der Waals surface area contributed by atoms with E-state index in [2.05, 4.69) is 23.2 Å². The summed E-state index contributed by atoms with van der Waals surface area (Å²) in [4.78, 5) is 0. The van der Waals surface area contributed by atoms with Crippen molar-refractivity contribution in [2.75, 3.05) is 20.2 Å². The van der Waals surface area contributed by atoms with Gasteiger partial charge in [-0.3, -0.25) is 0 Å². The Labute approximate surface area is 97.7 Å². The third-order valence-electron chi connectivity index (χ3n) is 2.34. The second kappa shape index (κ2) is 7.92. The predicted molar refractivity (Wildman–Crippen MR) is 67.3 cm³/mol. The van der Waals surface area contributed by atoms with Gasteiger partial charge in [-0.2, -0.15) is 0 Å². The van der Waals surface area contributed by atoms with Crippen LogP contribution in [0.1, 0.15) is 24.0 Å². The van der Waals surface area contributed by atoms with E-state index in [1.807, 2.05) is 25.2 Å². The van der Waals surface area contributed by atoms with E-state index in [1.165, 1.54) is 5.56 Å². The molecule has 86 valence electrons. The van der Waals surface area contributed by atoms with Crippen molar-refractivity contribution in [1.82, 2.24) is 5.32 Å². The fourth-order valence-corrected chi connectivity index (χ4v) is 1.47. The molecule has 0 atom stereocenters. The molecule has 1 aromatic carbocycles. The van der Waals surface area contributed by atoms with Crippen molar-refractivity contribution in [2.24, 2.45) is 0 Å². The molecule has 0 bridgehead atoms. The summed E-state index contributed by atoms with van der Waals surface area (Å²) in [7, 11) is 1.93. The minimum absolute atomic E-state index is 0.238. The fraction of sp³-hybridized carbons (Fsp3) is 0.429. The van der Waals surface area contributed by atoms with E-state index in [1.54, 1.807) is 0 Å². The number of nitrogens with one attached hydrogen (secondary N) is 1. The van der Waals surface area contributed by atoms with Crippen LogP contribution >= 0.6 is 0 Å². The van der Waals surface area contributed by atoms with Gasteiger partial charge in [0.25, 0.3) is 0 Å². The topological polar surface area (TPSA) is 32.3 Å². The molecule has 0 fully saturated rings. The van der Waals surface area contributed by atoms with E-state index >= 15 is 0 Å². The van der Waals surface area contributed by atoms with Crippen LogP contribution in [-0.4, -0.2) is 25.3 Å². The molecule has 0 saturated carbocycles. The number of aliphatic hydroxyl groups is 1. The van der Waals surface area contributed by atoms with Crippen molar-refractivity contribution in [3.63, 3.8) is 0 Å². The molecule has 16 heavy (non-hydrogen) atoms. The van der Waals surface area contributed by atoms with Gasteiger partial charge in [0.2, 0.25) is 0 Å². The average molecular weight is 217 g/mol. The lowest BCUT2D eigenvalue weighted by molar-refractivity contribution is 0.288. The standard InChI is InChI=1S/C14H19NO/c1-15-11-5-4-9-13-7-2-3-8-14(13)10-6-12-16/h2-3,7-8,15-16H,5-6,10-12H2,1H3. The Balaban J connectivity index is 2.65. The minimum atomic E-state index is 0.238.